The molecule has 0 amide bonds. The molecule has 9 nitrogen and oxygen atoms in total. The molecule has 4 rings (SSSR count). The maximum atomic E-state index is 14.5. The van der Waals surface area contributed by atoms with Crippen LogP contribution in [0.1, 0.15) is 17.3 Å². The second kappa shape index (κ2) is 8.75. The lowest BCUT2D eigenvalue weighted by Crippen LogP contribution is -2.36. The van der Waals surface area contributed by atoms with Crippen molar-refractivity contribution in [1.82, 2.24) is 30.5 Å². The Morgan fingerprint density at radius 3 is 2.72 bits per heavy atom. The summed E-state index contributed by atoms with van der Waals surface area (Å²) in [6.45, 7) is -0.110. The Labute approximate surface area is 183 Å². The molecule has 164 valence electrons. The number of ether oxygens (including phenoxy) is 1. The number of nitrogens with one attached hydrogen (secondary N) is 1. The van der Waals surface area contributed by atoms with E-state index in [9.17, 15) is 18.0 Å². The number of methoxy groups -OCH3 is 1. The molecule has 0 fully saturated rings. The Morgan fingerprint density at radius 2 is 2.06 bits per heavy atom. The van der Waals surface area contributed by atoms with Gasteiger partial charge in [-0.1, -0.05) is 17.7 Å². The molecule has 13 heteroatoms. The predicted molar refractivity (Wildman–Crippen MR) is 105 cm³/mol. The molecule has 1 aliphatic heterocycles. The largest absolute Gasteiger partial charge is 0.466 e. The first kappa shape index (κ1) is 21.4. The van der Waals surface area contributed by atoms with Gasteiger partial charge in [0.25, 0.3) is 0 Å². The van der Waals surface area contributed by atoms with Gasteiger partial charge in [-0.05, 0) is 17.3 Å². The van der Waals surface area contributed by atoms with Crippen LogP contribution < -0.4 is 5.32 Å². The highest BCUT2D eigenvalue weighted by molar-refractivity contribution is 6.31. The molecule has 1 aromatic carbocycles. The molecule has 0 aliphatic carbocycles. The van der Waals surface area contributed by atoms with Crippen molar-refractivity contribution in [3.05, 3.63) is 81.8 Å². The van der Waals surface area contributed by atoms with Crippen molar-refractivity contribution in [3.8, 4) is 0 Å². The van der Waals surface area contributed by atoms with E-state index in [4.69, 9.17) is 16.3 Å². The first-order valence-electron chi connectivity index (χ1n) is 9.00. The summed E-state index contributed by atoms with van der Waals surface area (Å²) in [6.07, 6.45) is 2.01. The number of hydrogen-bond acceptors (Lipinski definition) is 8. The summed E-state index contributed by atoms with van der Waals surface area (Å²) in [7, 11) is 1.17. The van der Waals surface area contributed by atoms with Crippen LogP contribution in [0.2, 0.25) is 5.02 Å². The van der Waals surface area contributed by atoms with E-state index in [-0.39, 0.29) is 39.9 Å². The van der Waals surface area contributed by atoms with Crippen LogP contribution in [0.3, 0.4) is 0 Å². The minimum atomic E-state index is -1.13. The van der Waals surface area contributed by atoms with Gasteiger partial charge in [0.1, 0.15) is 29.9 Å². The minimum Gasteiger partial charge on any atom is -0.466 e. The normalized spacial score (nSPS) is 15.9. The molecule has 1 N–H and O–H groups in total. The van der Waals surface area contributed by atoms with Gasteiger partial charge in [-0.25, -0.2) is 22.9 Å². The van der Waals surface area contributed by atoms with Gasteiger partial charge in [-0.15, -0.1) is 10.2 Å². The fraction of sp³-hybridized carbons (Fsp3) is 0.158. The maximum absolute atomic E-state index is 14.5. The summed E-state index contributed by atoms with van der Waals surface area (Å²) in [5.74, 6) is -3.35. The number of aromatic nitrogens is 5. The third kappa shape index (κ3) is 4.17. The molecule has 2 aromatic heterocycles. The average Bonchev–Trinajstić information content (AvgIpc) is 3.26. The van der Waals surface area contributed by atoms with Crippen LogP contribution in [0.25, 0.3) is 0 Å². The summed E-state index contributed by atoms with van der Waals surface area (Å²) in [6, 6.07) is 3.06. The molecule has 0 bridgehead atoms. The first-order valence-corrected chi connectivity index (χ1v) is 9.38. The molecule has 32 heavy (non-hydrogen) atoms. The summed E-state index contributed by atoms with van der Waals surface area (Å²) in [5.41, 5.74) is 0.127. The number of aliphatic imine (C=N–C) groups is 1. The van der Waals surface area contributed by atoms with Gasteiger partial charge in [0, 0.05) is 16.7 Å². The number of halogens is 4. The van der Waals surface area contributed by atoms with Gasteiger partial charge in [-0.3, -0.25) is 4.99 Å². The van der Waals surface area contributed by atoms with E-state index in [0.29, 0.717) is 6.07 Å². The molecule has 1 atom stereocenters. The van der Waals surface area contributed by atoms with Crippen LogP contribution >= 0.6 is 11.6 Å². The molecular weight excluding hydrogens is 451 g/mol. The molecule has 0 saturated carbocycles. The molecule has 1 aliphatic rings. The Kier molecular flexibility index (Phi) is 5.86. The summed E-state index contributed by atoms with van der Waals surface area (Å²) < 4.78 is 46.4. The fourth-order valence-corrected chi connectivity index (χ4v) is 3.40. The van der Waals surface area contributed by atoms with Gasteiger partial charge in [0.05, 0.1) is 24.6 Å². The minimum absolute atomic E-state index is 0.00424. The number of tetrazole rings is 1. The number of nitrogens with zero attached hydrogens (tertiary/aromatic N) is 6. The first-order chi connectivity index (χ1) is 15.4. The third-order valence-electron chi connectivity index (χ3n) is 4.51. The van der Waals surface area contributed by atoms with Crippen LogP contribution in [0.5, 0.6) is 0 Å². The monoisotopic (exact) mass is 463 g/mol. The summed E-state index contributed by atoms with van der Waals surface area (Å²) >= 11 is 6.23. The molecule has 0 saturated heterocycles. The molecule has 3 heterocycles. The Hall–Kier alpha value is -3.80. The molecule has 0 radical (unpaired) electrons. The van der Waals surface area contributed by atoms with Crippen LogP contribution in [-0.2, 0) is 16.1 Å². The zero-order valence-electron chi connectivity index (χ0n) is 16.3. The number of carbonyl (C=O) groups excluding carboxylic acids is 1. The Morgan fingerprint density at radius 1 is 1.25 bits per heavy atom. The van der Waals surface area contributed by atoms with Crippen molar-refractivity contribution >= 4 is 23.4 Å². The summed E-state index contributed by atoms with van der Waals surface area (Å²) in [5, 5.41) is 14.1. The zero-order chi connectivity index (χ0) is 22.8. The number of rotatable bonds is 5. The lowest BCUT2D eigenvalue weighted by atomic mass is 9.95. The molecule has 1 unspecified atom stereocenters. The van der Waals surface area contributed by atoms with Crippen molar-refractivity contribution in [3.63, 3.8) is 0 Å². The Bertz CT molecular complexity index is 1250. The lowest BCUT2D eigenvalue weighted by Gasteiger charge is -2.27. The number of pyridine rings is 1. The number of amidine groups is 1. The number of allylic oxidation sites excluding steroid dienone is 1. The van der Waals surface area contributed by atoms with Gasteiger partial charge >= 0.3 is 5.97 Å². The molecular formula is C19H13ClF3N7O2. The van der Waals surface area contributed by atoms with Gasteiger partial charge in [0.2, 0.25) is 0 Å². The van der Waals surface area contributed by atoms with Crippen molar-refractivity contribution in [2.45, 2.75) is 12.6 Å². The highest BCUT2D eigenvalue weighted by Gasteiger charge is 2.34. The average molecular weight is 464 g/mol. The number of hydrogen-bond donors (Lipinski definition) is 1. The second-order valence-corrected chi connectivity index (χ2v) is 6.91. The topological polar surface area (TPSA) is 107 Å². The van der Waals surface area contributed by atoms with Crippen LogP contribution in [0.15, 0.2) is 53.1 Å². The van der Waals surface area contributed by atoms with Gasteiger partial charge in [-0.2, -0.15) is 4.80 Å². The lowest BCUT2D eigenvalue weighted by molar-refractivity contribution is -0.136. The highest BCUT2D eigenvalue weighted by atomic mass is 35.5. The van der Waals surface area contributed by atoms with E-state index in [0.717, 1.165) is 23.1 Å². The van der Waals surface area contributed by atoms with Crippen LogP contribution in [0, 0.1) is 17.5 Å². The summed E-state index contributed by atoms with van der Waals surface area (Å²) in [4.78, 5) is 22.0. The van der Waals surface area contributed by atoms with E-state index in [1.165, 1.54) is 19.5 Å². The number of benzene rings is 1. The molecule has 0 spiro atoms. The smallest absolute Gasteiger partial charge is 0.338 e. The number of carbonyl (C=O) groups is 1. The second-order valence-electron chi connectivity index (χ2n) is 6.51. The quantitative estimate of drug-likeness (QED) is 0.579. The third-order valence-corrected chi connectivity index (χ3v) is 4.84. The predicted octanol–water partition coefficient (Wildman–Crippen LogP) is 2.36. The standard InChI is InChI=1S/C19H13ClF3N7O2/c1-32-19(31)15-14(7-30-26-8-25-29-30)27-18(17-13(23)5-10(22)6-24-17)28-16(15)11-3-2-9(21)4-12(11)20/h2-6,8,16H,7H2,1H3,(H,27,28). The van der Waals surface area contributed by atoms with Crippen molar-refractivity contribution in [2.75, 3.05) is 7.11 Å². The van der Waals surface area contributed by atoms with E-state index in [1.807, 2.05) is 0 Å². The van der Waals surface area contributed by atoms with Crippen LogP contribution in [-0.4, -0.2) is 44.1 Å². The van der Waals surface area contributed by atoms with Crippen molar-refractivity contribution < 1.29 is 22.7 Å². The van der Waals surface area contributed by atoms with Gasteiger partial charge in [0.15, 0.2) is 18.0 Å². The van der Waals surface area contributed by atoms with E-state index < -0.39 is 29.5 Å². The molecule has 3 aromatic rings. The van der Waals surface area contributed by atoms with E-state index in [2.05, 4.69) is 30.7 Å². The highest BCUT2D eigenvalue weighted by Crippen LogP contribution is 2.36. The van der Waals surface area contributed by atoms with Crippen LogP contribution in [0.4, 0.5) is 13.2 Å². The van der Waals surface area contributed by atoms with Crippen molar-refractivity contribution in [1.29, 1.82) is 0 Å². The van der Waals surface area contributed by atoms with E-state index >= 15 is 0 Å². The fourth-order valence-electron chi connectivity index (χ4n) is 3.13. The maximum Gasteiger partial charge on any atom is 0.338 e. The Balaban J connectivity index is 1.91. The van der Waals surface area contributed by atoms with Crippen molar-refractivity contribution in [2.24, 2.45) is 4.99 Å². The SMILES string of the molecule is COC(=O)C1=C(Cn2ncnn2)NC(c2ncc(F)cc2F)=NC1c1ccc(F)cc1Cl. The van der Waals surface area contributed by atoms with E-state index in [1.54, 1.807) is 0 Å². The zero-order valence-corrected chi connectivity index (χ0v) is 17.0. The van der Waals surface area contributed by atoms with Gasteiger partial charge < -0.3 is 10.1 Å². The number of esters is 1.